The Labute approximate surface area is 253 Å². The van der Waals surface area contributed by atoms with E-state index in [1.807, 2.05) is 72.8 Å². The molecule has 2 N–H and O–H groups in total. The van der Waals surface area contributed by atoms with Gasteiger partial charge in [-0.15, -0.1) is 0 Å². The van der Waals surface area contributed by atoms with Crippen LogP contribution < -0.4 is 0 Å². The Bertz CT molecular complexity index is 1600. The lowest BCUT2D eigenvalue weighted by molar-refractivity contribution is 0.475. The lowest BCUT2D eigenvalue weighted by Gasteiger charge is -2.33. The van der Waals surface area contributed by atoms with Crippen molar-refractivity contribution in [3.8, 4) is 56.0 Å². The quantitative estimate of drug-likeness (QED) is 0.213. The van der Waals surface area contributed by atoms with Crippen LogP contribution in [-0.4, -0.2) is 10.2 Å². The number of hydrogen-bond donors (Lipinski definition) is 2. The molecule has 0 saturated heterocycles. The second kappa shape index (κ2) is 11.3. The van der Waals surface area contributed by atoms with Gasteiger partial charge in [0, 0.05) is 27.7 Å². The van der Waals surface area contributed by atoms with Gasteiger partial charge in [0.2, 0.25) is 0 Å². The molecule has 0 radical (unpaired) electrons. The molecular weight excluding hydrogens is 524 g/mol. The zero-order valence-corrected chi connectivity index (χ0v) is 24.1. The van der Waals surface area contributed by atoms with E-state index in [9.17, 15) is 10.2 Å². The predicted molar refractivity (Wildman–Crippen MR) is 177 cm³/mol. The van der Waals surface area contributed by atoms with Gasteiger partial charge in [0.05, 0.1) is 0 Å². The van der Waals surface area contributed by atoms with Crippen molar-refractivity contribution < 1.29 is 10.2 Å². The Balaban J connectivity index is 1.51. The highest BCUT2D eigenvalue weighted by molar-refractivity contribution is 5.86. The third-order valence-corrected chi connectivity index (χ3v) is 9.12. The highest BCUT2D eigenvalue weighted by Gasteiger charge is 2.39. The highest BCUT2D eigenvalue weighted by Crippen LogP contribution is 2.53. The van der Waals surface area contributed by atoms with E-state index < -0.39 is 0 Å². The van der Waals surface area contributed by atoms with Crippen molar-refractivity contribution in [1.82, 2.24) is 0 Å². The fourth-order valence-electron chi connectivity index (χ4n) is 6.90. The number of phenolic OH excluding ortho intramolecular Hbond substituents is 2. The third kappa shape index (κ3) is 4.89. The summed E-state index contributed by atoms with van der Waals surface area (Å²) in [6.07, 6.45) is 4.22. The maximum absolute atomic E-state index is 11.7. The molecule has 2 heteroatoms. The average Bonchev–Trinajstić information content (AvgIpc) is 3.58. The smallest absolute Gasteiger partial charge is 0.131 e. The molecule has 2 nitrogen and oxygen atoms in total. The molecule has 43 heavy (non-hydrogen) atoms. The monoisotopic (exact) mass is 558 g/mol. The van der Waals surface area contributed by atoms with Gasteiger partial charge in [-0.1, -0.05) is 134 Å². The summed E-state index contributed by atoms with van der Waals surface area (Å²) in [5.41, 5.74) is 9.46. The zero-order valence-electron chi connectivity index (χ0n) is 24.1. The van der Waals surface area contributed by atoms with Gasteiger partial charge in [-0.2, -0.15) is 0 Å². The molecule has 1 aliphatic carbocycles. The van der Waals surface area contributed by atoms with Crippen molar-refractivity contribution in [2.45, 2.75) is 31.1 Å². The van der Waals surface area contributed by atoms with Crippen LogP contribution in [0.5, 0.6) is 11.5 Å². The molecule has 0 atom stereocenters. The van der Waals surface area contributed by atoms with E-state index in [0.717, 1.165) is 70.2 Å². The van der Waals surface area contributed by atoms with Gasteiger partial charge < -0.3 is 10.2 Å². The van der Waals surface area contributed by atoms with Crippen LogP contribution >= 0.6 is 0 Å². The number of hydrogen-bond acceptors (Lipinski definition) is 2. The number of phenols is 2. The number of aromatic hydroxyl groups is 2. The second-order valence-electron chi connectivity index (χ2n) is 11.6. The van der Waals surface area contributed by atoms with E-state index in [-0.39, 0.29) is 5.41 Å². The van der Waals surface area contributed by atoms with Crippen molar-refractivity contribution in [2.75, 3.05) is 0 Å². The lowest BCUT2D eigenvalue weighted by atomic mass is 9.70. The first-order valence-corrected chi connectivity index (χ1v) is 15.1. The van der Waals surface area contributed by atoms with Crippen molar-refractivity contribution in [2.24, 2.45) is 0 Å². The van der Waals surface area contributed by atoms with Crippen LogP contribution in [0, 0.1) is 0 Å². The molecule has 1 fully saturated rings. The summed E-state index contributed by atoms with van der Waals surface area (Å²) >= 11 is 0. The van der Waals surface area contributed by atoms with Gasteiger partial charge in [0.15, 0.2) is 0 Å². The normalized spacial score (nSPS) is 14.0. The summed E-state index contributed by atoms with van der Waals surface area (Å²) in [5, 5.41) is 23.4. The SMILES string of the molecule is Oc1c(-c2ccccc2)cc(C2(c3cc(-c4ccccc4)c(O)c(-c4ccccc4)c3)CCCC2)cc1-c1ccccc1. The Morgan fingerprint density at radius 2 is 0.628 bits per heavy atom. The van der Waals surface area contributed by atoms with Crippen LogP contribution in [0.15, 0.2) is 146 Å². The van der Waals surface area contributed by atoms with Crippen molar-refractivity contribution in [3.05, 3.63) is 157 Å². The van der Waals surface area contributed by atoms with E-state index >= 15 is 0 Å². The first kappa shape index (κ1) is 26.8. The minimum Gasteiger partial charge on any atom is -0.507 e. The molecule has 0 spiro atoms. The van der Waals surface area contributed by atoms with E-state index in [1.54, 1.807) is 0 Å². The highest BCUT2D eigenvalue weighted by atomic mass is 16.3. The van der Waals surface area contributed by atoms with Gasteiger partial charge in [-0.3, -0.25) is 0 Å². The van der Waals surface area contributed by atoms with E-state index in [0.29, 0.717) is 11.5 Å². The predicted octanol–water partition coefficient (Wildman–Crippen LogP) is 10.6. The molecule has 0 heterocycles. The van der Waals surface area contributed by atoms with Gasteiger partial charge >= 0.3 is 0 Å². The van der Waals surface area contributed by atoms with Crippen LogP contribution in [0.4, 0.5) is 0 Å². The molecule has 0 aromatic heterocycles. The van der Waals surface area contributed by atoms with Crippen molar-refractivity contribution in [1.29, 1.82) is 0 Å². The van der Waals surface area contributed by atoms with Gasteiger partial charge in [0.1, 0.15) is 11.5 Å². The van der Waals surface area contributed by atoms with Crippen LogP contribution in [0.2, 0.25) is 0 Å². The Morgan fingerprint density at radius 1 is 0.372 bits per heavy atom. The molecule has 0 unspecified atom stereocenters. The lowest BCUT2D eigenvalue weighted by Crippen LogP contribution is -2.24. The zero-order chi connectivity index (χ0) is 29.2. The molecule has 7 rings (SSSR count). The van der Waals surface area contributed by atoms with Crippen LogP contribution in [0.3, 0.4) is 0 Å². The fraction of sp³-hybridized carbons (Fsp3) is 0.122. The van der Waals surface area contributed by atoms with Crippen LogP contribution in [0.25, 0.3) is 44.5 Å². The second-order valence-corrected chi connectivity index (χ2v) is 11.6. The summed E-state index contributed by atoms with van der Waals surface area (Å²) in [6.45, 7) is 0. The molecular formula is C41H34O2. The van der Waals surface area contributed by atoms with Gasteiger partial charge in [-0.25, -0.2) is 0 Å². The van der Waals surface area contributed by atoms with E-state index in [2.05, 4.69) is 72.8 Å². The average molecular weight is 559 g/mol. The maximum atomic E-state index is 11.7. The third-order valence-electron chi connectivity index (χ3n) is 9.12. The molecule has 0 bridgehead atoms. The summed E-state index contributed by atoms with van der Waals surface area (Å²) in [4.78, 5) is 0. The summed E-state index contributed by atoms with van der Waals surface area (Å²) in [6, 6.07) is 49.6. The minimum atomic E-state index is -0.276. The topological polar surface area (TPSA) is 40.5 Å². The molecule has 6 aromatic rings. The summed E-state index contributed by atoms with van der Waals surface area (Å²) in [7, 11) is 0. The van der Waals surface area contributed by atoms with Crippen molar-refractivity contribution in [3.63, 3.8) is 0 Å². The summed E-state index contributed by atoms with van der Waals surface area (Å²) in [5.74, 6) is 0.602. The van der Waals surface area contributed by atoms with Crippen LogP contribution in [-0.2, 0) is 5.41 Å². The van der Waals surface area contributed by atoms with Crippen molar-refractivity contribution >= 4 is 0 Å². The fourth-order valence-corrected chi connectivity index (χ4v) is 6.90. The Kier molecular flexibility index (Phi) is 7.04. The molecule has 0 aliphatic heterocycles. The Hall–Kier alpha value is -5.08. The Morgan fingerprint density at radius 3 is 0.884 bits per heavy atom. The van der Waals surface area contributed by atoms with Crippen LogP contribution in [0.1, 0.15) is 36.8 Å². The maximum Gasteiger partial charge on any atom is 0.131 e. The minimum absolute atomic E-state index is 0.276. The first-order chi connectivity index (χ1) is 21.1. The van der Waals surface area contributed by atoms with E-state index in [4.69, 9.17) is 0 Å². The van der Waals surface area contributed by atoms with Gasteiger partial charge in [-0.05, 0) is 70.5 Å². The first-order valence-electron chi connectivity index (χ1n) is 15.1. The molecule has 1 aliphatic rings. The largest absolute Gasteiger partial charge is 0.507 e. The molecule has 1 saturated carbocycles. The van der Waals surface area contributed by atoms with E-state index in [1.165, 1.54) is 11.1 Å². The standard InChI is InChI=1S/C41H34O2/c42-39-35(29-15-5-1-6-16-29)25-33(26-36(39)30-17-7-2-8-18-30)41(23-13-14-24-41)34-27-37(31-19-9-3-10-20-31)40(43)38(28-34)32-21-11-4-12-22-32/h1-12,15-22,25-28,42-43H,13-14,23-24H2. The number of rotatable bonds is 6. The molecule has 6 aromatic carbocycles. The number of benzene rings is 6. The summed E-state index contributed by atoms with van der Waals surface area (Å²) < 4.78 is 0. The molecule has 210 valence electrons. The van der Waals surface area contributed by atoms with Gasteiger partial charge in [0.25, 0.3) is 0 Å². The molecule has 0 amide bonds.